The van der Waals surface area contributed by atoms with Crippen molar-refractivity contribution in [3.05, 3.63) is 75.8 Å². The topological polar surface area (TPSA) is 60.9 Å². The Hall–Kier alpha value is -2.72. The third kappa shape index (κ3) is 4.48. The van der Waals surface area contributed by atoms with Crippen LogP contribution in [-0.4, -0.2) is 16.1 Å². The van der Waals surface area contributed by atoms with E-state index in [-0.39, 0.29) is 5.56 Å². The minimum atomic E-state index is 0.0567. The predicted molar refractivity (Wildman–Crippen MR) is 121 cm³/mol. The fourth-order valence-corrected chi connectivity index (χ4v) is 4.43. The largest absolute Gasteiger partial charge is 0.330 e. The zero-order valence-corrected chi connectivity index (χ0v) is 17.1. The lowest BCUT2D eigenvalue weighted by molar-refractivity contribution is 0.245. The van der Waals surface area contributed by atoms with Crippen LogP contribution in [-0.2, 0) is 6.54 Å². The highest BCUT2D eigenvalue weighted by Crippen LogP contribution is 2.29. The molecule has 4 heteroatoms. The predicted octanol–water partition coefficient (Wildman–Crippen LogP) is 4.64. The number of nitrogens with two attached hydrogens (primary N) is 1. The second kappa shape index (κ2) is 8.75. The molecular formula is C25H29N3O. The number of fused-ring (bicyclic) bond motifs is 1. The van der Waals surface area contributed by atoms with Crippen LogP contribution < -0.4 is 11.3 Å². The second-order valence-corrected chi connectivity index (χ2v) is 8.28. The Balaban J connectivity index is 1.75. The van der Waals surface area contributed by atoms with Crippen LogP contribution in [0.3, 0.4) is 0 Å². The number of hydrogen-bond acceptors (Lipinski definition) is 3. The molecule has 0 bridgehead atoms. The molecule has 2 atom stereocenters. The van der Waals surface area contributed by atoms with Gasteiger partial charge in [0.1, 0.15) is 5.82 Å². The zero-order chi connectivity index (χ0) is 20.2. The maximum absolute atomic E-state index is 13.4. The summed E-state index contributed by atoms with van der Waals surface area (Å²) in [5.41, 5.74) is 8.92. The molecule has 0 spiro atoms. The molecular weight excluding hydrogens is 358 g/mol. The third-order valence-corrected chi connectivity index (χ3v) is 6.03. The van der Waals surface area contributed by atoms with Gasteiger partial charge in [0, 0.05) is 6.54 Å². The zero-order valence-electron chi connectivity index (χ0n) is 17.1. The van der Waals surface area contributed by atoms with Gasteiger partial charge in [-0.2, -0.15) is 0 Å². The van der Waals surface area contributed by atoms with E-state index in [0.717, 1.165) is 41.9 Å². The monoisotopic (exact) mass is 387 g/mol. The average Bonchev–Trinajstić information content (AvgIpc) is 2.76. The van der Waals surface area contributed by atoms with E-state index in [1.54, 1.807) is 0 Å². The lowest BCUT2D eigenvalue weighted by atomic mass is 9.81. The number of hydrogen-bond donors (Lipinski definition) is 1. The SMILES string of the molecule is Cc1ccc2nc(/C=C/c3ccccc3)n(CC3CCCC(CN)C3)c(=O)c2c1. The van der Waals surface area contributed by atoms with Crippen LogP contribution in [0.1, 0.15) is 42.6 Å². The highest BCUT2D eigenvalue weighted by molar-refractivity contribution is 5.80. The second-order valence-electron chi connectivity index (χ2n) is 8.28. The normalized spacial score (nSPS) is 19.8. The van der Waals surface area contributed by atoms with E-state index in [2.05, 4.69) is 12.1 Å². The van der Waals surface area contributed by atoms with Crippen molar-refractivity contribution in [1.82, 2.24) is 9.55 Å². The summed E-state index contributed by atoms with van der Waals surface area (Å²) in [5, 5.41) is 0.702. The summed E-state index contributed by atoms with van der Waals surface area (Å²) in [4.78, 5) is 18.3. The van der Waals surface area contributed by atoms with Crippen LogP contribution >= 0.6 is 0 Å². The Morgan fingerprint density at radius 2 is 1.90 bits per heavy atom. The fraction of sp³-hybridized carbons (Fsp3) is 0.360. The molecule has 1 heterocycles. The quantitative estimate of drug-likeness (QED) is 0.694. The van der Waals surface area contributed by atoms with Crippen LogP contribution in [0, 0.1) is 18.8 Å². The van der Waals surface area contributed by atoms with E-state index in [1.807, 2.05) is 60.0 Å². The molecule has 29 heavy (non-hydrogen) atoms. The Labute approximate surface area is 172 Å². The maximum Gasteiger partial charge on any atom is 0.261 e. The molecule has 150 valence electrons. The lowest BCUT2D eigenvalue weighted by Crippen LogP contribution is -2.31. The first kappa shape index (κ1) is 19.6. The molecule has 1 fully saturated rings. The molecule has 0 saturated heterocycles. The summed E-state index contributed by atoms with van der Waals surface area (Å²) >= 11 is 0. The van der Waals surface area contributed by atoms with Crippen molar-refractivity contribution in [3.8, 4) is 0 Å². The van der Waals surface area contributed by atoms with E-state index in [0.29, 0.717) is 23.8 Å². The molecule has 2 aromatic carbocycles. The van der Waals surface area contributed by atoms with Crippen LogP contribution in [0.2, 0.25) is 0 Å². The summed E-state index contributed by atoms with van der Waals surface area (Å²) in [7, 11) is 0. The van der Waals surface area contributed by atoms with Crippen LogP contribution in [0.15, 0.2) is 53.3 Å². The van der Waals surface area contributed by atoms with Crippen LogP contribution in [0.5, 0.6) is 0 Å². The van der Waals surface area contributed by atoms with Gasteiger partial charge in [-0.15, -0.1) is 0 Å². The molecule has 1 aromatic heterocycles. The van der Waals surface area contributed by atoms with E-state index in [4.69, 9.17) is 10.7 Å². The molecule has 0 aliphatic heterocycles. The molecule has 4 rings (SSSR count). The summed E-state index contributed by atoms with van der Waals surface area (Å²) in [6, 6.07) is 16.0. The van der Waals surface area contributed by atoms with E-state index in [1.165, 1.54) is 12.8 Å². The van der Waals surface area contributed by atoms with E-state index < -0.39 is 0 Å². The summed E-state index contributed by atoms with van der Waals surface area (Å²) < 4.78 is 1.88. The number of rotatable bonds is 5. The number of nitrogens with zero attached hydrogens (tertiary/aromatic N) is 2. The van der Waals surface area contributed by atoms with Gasteiger partial charge in [-0.05, 0) is 68.3 Å². The van der Waals surface area contributed by atoms with Gasteiger partial charge in [-0.25, -0.2) is 4.98 Å². The standard InChI is InChI=1S/C25H29N3O/c1-18-10-12-23-22(14-18)25(29)28(17-21-9-5-8-20(15-21)16-26)24(27-23)13-11-19-6-3-2-4-7-19/h2-4,6-7,10-14,20-21H,5,8-9,15-17,26H2,1H3/b13-11+. The van der Waals surface area contributed by atoms with Crippen molar-refractivity contribution in [2.24, 2.45) is 17.6 Å². The highest BCUT2D eigenvalue weighted by Gasteiger charge is 2.23. The first-order chi connectivity index (χ1) is 14.1. The van der Waals surface area contributed by atoms with Crippen molar-refractivity contribution in [1.29, 1.82) is 0 Å². The average molecular weight is 388 g/mol. The Bertz CT molecular complexity index is 1070. The number of aryl methyl sites for hydroxylation is 1. The van der Waals surface area contributed by atoms with Crippen molar-refractivity contribution in [2.45, 2.75) is 39.2 Å². The first-order valence-electron chi connectivity index (χ1n) is 10.6. The molecule has 2 N–H and O–H groups in total. The van der Waals surface area contributed by atoms with Crippen molar-refractivity contribution < 1.29 is 0 Å². The Kier molecular flexibility index (Phi) is 5.91. The molecule has 1 aliphatic rings. The third-order valence-electron chi connectivity index (χ3n) is 6.03. The van der Waals surface area contributed by atoms with E-state index in [9.17, 15) is 4.79 Å². The molecule has 1 aliphatic carbocycles. The lowest BCUT2D eigenvalue weighted by Gasteiger charge is -2.29. The summed E-state index contributed by atoms with van der Waals surface area (Å²) in [5.74, 6) is 1.77. The Morgan fingerprint density at radius 3 is 2.69 bits per heavy atom. The summed E-state index contributed by atoms with van der Waals surface area (Å²) in [6.07, 6.45) is 8.64. The van der Waals surface area contributed by atoms with Gasteiger partial charge in [0.25, 0.3) is 5.56 Å². The van der Waals surface area contributed by atoms with Gasteiger partial charge in [0.05, 0.1) is 10.9 Å². The molecule has 3 aromatic rings. The first-order valence-corrected chi connectivity index (χ1v) is 10.6. The van der Waals surface area contributed by atoms with Gasteiger partial charge in [0.15, 0.2) is 0 Å². The van der Waals surface area contributed by atoms with Gasteiger partial charge in [0.2, 0.25) is 0 Å². The fourth-order valence-electron chi connectivity index (χ4n) is 4.43. The number of benzene rings is 2. The molecule has 1 saturated carbocycles. The number of aromatic nitrogens is 2. The minimum Gasteiger partial charge on any atom is -0.330 e. The van der Waals surface area contributed by atoms with Crippen molar-refractivity contribution in [3.63, 3.8) is 0 Å². The summed E-state index contributed by atoms with van der Waals surface area (Å²) in [6.45, 7) is 3.46. The molecule has 2 unspecified atom stereocenters. The van der Waals surface area contributed by atoms with Crippen LogP contribution in [0.4, 0.5) is 0 Å². The minimum absolute atomic E-state index is 0.0567. The van der Waals surface area contributed by atoms with Gasteiger partial charge in [-0.1, -0.05) is 54.5 Å². The van der Waals surface area contributed by atoms with Gasteiger partial charge >= 0.3 is 0 Å². The molecule has 0 amide bonds. The Morgan fingerprint density at radius 1 is 1.10 bits per heavy atom. The van der Waals surface area contributed by atoms with Gasteiger partial charge < -0.3 is 5.73 Å². The highest BCUT2D eigenvalue weighted by atomic mass is 16.1. The molecule has 4 nitrogen and oxygen atoms in total. The van der Waals surface area contributed by atoms with Crippen LogP contribution in [0.25, 0.3) is 23.1 Å². The van der Waals surface area contributed by atoms with Crippen molar-refractivity contribution in [2.75, 3.05) is 6.54 Å². The van der Waals surface area contributed by atoms with Gasteiger partial charge in [-0.3, -0.25) is 9.36 Å². The van der Waals surface area contributed by atoms with E-state index >= 15 is 0 Å². The maximum atomic E-state index is 13.4. The smallest absolute Gasteiger partial charge is 0.261 e. The molecule has 0 radical (unpaired) electrons. The van der Waals surface area contributed by atoms with Crippen molar-refractivity contribution >= 4 is 23.1 Å².